The lowest BCUT2D eigenvalue weighted by molar-refractivity contribution is -0.000316. The van der Waals surface area contributed by atoms with Gasteiger partial charge in [0, 0.05) is 24.7 Å². The SMILES string of the molecule is CC(C1CC1)N(C)C1COCCC1N. The Morgan fingerprint density at radius 2 is 2.07 bits per heavy atom. The van der Waals surface area contributed by atoms with E-state index in [2.05, 4.69) is 18.9 Å². The van der Waals surface area contributed by atoms with E-state index in [0.29, 0.717) is 18.1 Å². The number of nitrogens with zero attached hydrogens (tertiary/aromatic N) is 1. The van der Waals surface area contributed by atoms with Crippen LogP contribution in [0.4, 0.5) is 0 Å². The summed E-state index contributed by atoms with van der Waals surface area (Å²) in [6, 6.07) is 1.40. The summed E-state index contributed by atoms with van der Waals surface area (Å²) in [4.78, 5) is 2.43. The molecule has 3 unspecified atom stereocenters. The molecule has 2 aliphatic rings. The third-order valence-corrected chi connectivity index (χ3v) is 3.85. The van der Waals surface area contributed by atoms with Crippen LogP contribution in [0.15, 0.2) is 0 Å². The van der Waals surface area contributed by atoms with E-state index < -0.39 is 0 Å². The lowest BCUT2D eigenvalue weighted by Crippen LogP contribution is -2.55. The van der Waals surface area contributed by atoms with Gasteiger partial charge in [-0.1, -0.05) is 0 Å². The van der Waals surface area contributed by atoms with E-state index in [-0.39, 0.29) is 0 Å². The topological polar surface area (TPSA) is 38.5 Å². The summed E-state index contributed by atoms with van der Waals surface area (Å²) in [6.45, 7) is 3.97. The van der Waals surface area contributed by atoms with Crippen LogP contribution in [0.5, 0.6) is 0 Å². The molecule has 0 radical (unpaired) electrons. The zero-order valence-corrected chi connectivity index (χ0v) is 9.28. The lowest BCUT2D eigenvalue weighted by atomic mass is 10.0. The largest absolute Gasteiger partial charge is 0.380 e. The van der Waals surface area contributed by atoms with Crippen LogP contribution in [0.3, 0.4) is 0 Å². The molecule has 0 amide bonds. The number of nitrogens with two attached hydrogens (primary N) is 1. The maximum atomic E-state index is 6.12. The first-order valence-electron chi connectivity index (χ1n) is 5.75. The van der Waals surface area contributed by atoms with Gasteiger partial charge >= 0.3 is 0 Å². The van der Waals surface area contributed by atoms with Crippen molar-refractivity contribution in [1.82, 2.24) is 4.90 Å². The number of ether oxygens (including phenoxy) is 1. The second-order valence-corrected chi connectivity index (χ2v) is 4.84. The van der Waals surface area contributed by atoms with Gasteiger partial charge in [-0.2, -0.15) is 0 Å². The molecular formula is C11H22N2O. The standard InChI is InChI=1S/C11H22N2O/c1-8(9-3-4-9)13(2)11-7-14-6-5-10(11)12/h8-11H,3-7,12H2,1-2H3. The van der Waals surface area contributed by atoms with Crippen LogP contribution in [0.2, 0.25) is 0 Å². The minimum absolute atomic E-state index is 0.301. The summed E-state index contributed by atoms with van der Waals surface area (Å²) in [5.41, 5.74) is 6.12. The van der Waals surface area contributed by atoms with E-state index in [1.807, 2.05) is 0 Å². The molecular weight excluding hydrogens is 176 g/mol. The summed E-state index contributed by atoms with van der Waals surface area (Å²) >= 11 is 0. The number of likely N-dealkylation sites (N-methyl/N-ethyl adjacent to an activating group) is 1. The van der Waals surface area contributed by atoms with Crippen LogP contribution in [0, 0.1) is 5.92 Å². The van der Waals surface area contributed by atoms with E-state index in [4.69, 9.17) is 10.5 Å². The summed E-state index contributed by atoms with van der Waals surface area (Å²) in [5, 5.41) is 0. The van der Waals surface area contributed by atoms with Crippen LogP contribution in [-0.2, 0) is 4.74 Å². The maximum Gasteiger partial charge on any atom is 0.0636 e. The fraction of sp³-hybridized carbons (Fsp3) is 1.00. The van der Waals surface area contributed by atoms with Crippen molar-refractivity contribution in [3.8, 4) is 0 Å². The molecule has 1 heterocycles. The second kappa shape index (κ2) is 4.17. The Labute approximate surface area is 86.6 Å². The highest BCUT2D eigenvalue weighted by Gasteiger charge is 2.35. The molecule has 3 heteroatoms. The van der Waals surface area contributed by atoms with Gasteiger partial charge in [0.05, 0.1) is 6.61 Å². The van der Waals surface area contributed by atoms with Crippen molar-refractivity contribution in [3.05, 3.63) is 0 Å². The number of rotatable bonds is 3. The lowest BCUT2D eigenvalue weighted by Gasteiger charge is -2.39. The molecule has 0 bridgehead atoms. The van der Waals surface area contributed by atoms with Crippen molar-refractivity contribution in [2.24, 2.45) is 11.7 Å². The monoisotopic (exact) mass is 198 g/mol. The molecule has 1 saturated carbocycles. The Hall–Kier alpha value is -0.120. The first kappa shape index (κ1) is 10.4. The van der Waals surface area contributed by atoms with Gasteiger partial charge in [-0.05, 0) is 39.2 Å². The zero-order valence-electron chi connectivity index (χ0n) is 9.28. The molecule has 0 spiro atoms. The Morgan fingerprint density at radius 3 is 2.64 bits per heavy atom. The predicted octanol–water partition coefficient (Wildman–Crippen LogP) is 0.833. The van der Waals surface area contributed by atoms with Crippen molar-refractivity contribution in [1.29, 1.82) is 0 Å². The van der Waals surface area contributed by atoms with Crippen LogP contribution in [0.1, 0.15) is 26.2 Å². The third-order valence-electron chi connectivity index (χ3n) is 3.85. The predicted molar refractivity (Wildman–Crippen MR) is 57.1 cm³/mol. The summed E-state index contributed by atoms with van der Waals surface area (Å²) < 4.78 is 5.50. The number of hydrogen-bond acceptors (Lipinski definition) is 3. The van der Waals surface area contributed by atoms with Crippen molar-refractivity contribution in [2.45, 2.75) is 44.3 Å². The van der Waals surface area contributed by atoms with E-state index in [1.165, 1.54) is 12.8 Å². The molecule has 0 aromatic carbocycles. The Morgan fingerprint density at radius 1 is 1.36 bits per heavy atom. The summed E-state index contributed by atoms with van der Waals surface area (Å²) in [6.07, 6.45) is 3.80. The van der Waals surface area contributed by atoms with Gasteiger partial charge in [0.1, 0.15) is 0 Å². The quantitative estimate of drug-likeness (QED) is 0.730. The molecule has 1 aliphatic carbocycles. The summed E-state index contributed by atoms with van der Waals surface area (Å²) in [7, 11) is 2.20. The third kappa shape index (κ3) is 2.10. The average Bonchev–Trinajstić information content (AvgIpc) is 3.00. The fourth-order valence-electron chi connectivity index (χ4n) is 2.37. The highest BCUT2D eigenvalue weighted by molar-refractivity contribution is 4.91. The molecule has 1 aliphatic heterocycles. The van der Waals surface area contributed by atoms with Gasteiger partial charge in [-0.25, -0.2) is 0 Å². The van der Waals surface area contributed by atoms with Gasteiger partial charge in [0.25, 0.3) is 0 Å². The normalized spacial score (nSPS) is 36.0. The smallest absolute Gasteiger partial charge is 0.0636 e. The molecule has 3 nitrogen and oxygen atoms in total. The van der Waals surface area contributed by atoms with E-state index in [0.717, 1.165) is 25.6 Å². The highest BCUT2D eigenvalue weighted by Crippen LogP contribution is 2.35. The minimum atomic E-state index is 0.301. The second-order valence-electron chi connectivity index (χ2n) is 4.84. The van der Waals surface area contributed by atoms with E-state index in [9.17, 15) is 0 Å². The first-order valence-corrected chi connectivity index (χ1v) is 5.75. The molecule has 14 heavy (non-hydrogen) atoms. The molecule has 3 atom stereocenters. The molecule has 82 valence electrons. The van der Waals surface area contributed by atoms with Gasteiger partial charge in [0.2, 0.25) is 0 Å². The highest BCUT2D eigenvalue weighted by atomic mass is 16.5. The van der Waals surface area contributed by atoms with Crippen molar-refractivity contribution >= 4 is 0 Å². The molecule has 2 rings (SSSR count). The van der Waals surface area contributed by atoms with Crippen LogP contribution in [0.25, 0.3) is 0 Å². The summed E-state index contributed by atoms with van der Waals surface area (Å²) in [5.74, 6) is 0.911. The van der Waals surface area contributed by atoms with Crippen molar-refractivity contribution in [2.75, 3.05) is 20.3 Å². The number of hydrogen-bond donors (Lipinski definition) is 1. The minimum Gasteiger partial charge on any atom is -0.380 e. The van der Waals surface area contributed by atoms with Gasteiger partial charge in [0.15, 0.2) is 0 Å². The molecule has 0 aromatic heterocycles. The average molecular weight is 198 g/mol. The first-order chi connectivity index (χ1) is 6.70. The molecule has 0 aromatic rings. The molecule has 1 saturated heterocycles. The Bertz CT molecular complexity index is 194. The van der Waals surface area contributed by atoms with Crippen molar-refractivity contribution < 1.29 is 4.74 Å². The van der Waals surface area contributed by atoms with Crippen LogP contribution >= 0.6 is 0 Å². The Kier molecular flexibility index (Phi) is 3.10. The van der Waals surface area contributed by atoms with Gasteiger partial charge in [-0.3, -0.25) is 4.90 Å². The maximum absolute atomic E-state index is 6.12. The van der Waals surface area contributed by atoms with Gasteiger partial charge < -0.3 is 10.5 Å². The van der Waals surface area contributed by atoms with Crippen molar-refractivity contribution in [3.63, 3.8) is 0 Å². The van der Waals surface area contributed by atoms with Crippen LogP contribution in [-0.4, -0.2) is 43.3 Å². The van der Waals surface area contributed by atoms with Crippen LogP contribution < -0.4 is 5.73 Å². The van der Waals surface area contributed by atoms with Gasteiger partial charge in [-0.15, -0.1) is 0 Å². The molecule has 2 fully saturated rings. The fourth-order valence-corrected chi connectivity index (χ4v) is 2.37. The Balaban J connectivity index is 1.90. The zero-order chi connectivity index (χ0) is 10.1. The molecule has 2 N–H and O–H groups in total. The van der Waals surface area contributed by atoms with E-state index >= 15 is 0 Å². The van der Waals surface area contributed by atoms with E-state index in [1.54, 1.807) is 0 Å².